The van der Waals surface area contributed by atoms with Crippen LogP contribution in [0.3, 0.4) is 0 Å². The molecule has 0 spiro atoms. The monoisotopic (exact) mass is 267 g/mol. The van der Waals surface area contributed by atoms with E-state index in [1.807, 2.05) is 30.3 Å². The van der Waals surface area contributed by atoms with Crippen LogP contribution in [0.5, 0.6) is 0 Å². The Kier molecular flexibility index (Phi) is 2.92. The second-order valence-electron chi connectivity index (χ2n) is 5.28. The van der Waals surface area contributed by atoms with Gasteiger partial charge >= 0.3 is 6.09 Å². The first kappa shape index (κ1) is 12.4. The van der Waals surface area contributed by atoms with Gasteiger partial charge in [-0.2, -0.15) is 0 Å². The highest BCUT2D eigenvalue weighted by Crippen LogP contribution is 2.47. The van der Waals surface area contributed by atoms with Crippen LogP contribution in [-0.2, 0) is 11.3 Å². The third-order valence-electron chi connectivity index (χ3n) is 3.88. The van der Waals surface area contributed by atoms with E-state index >= 15 is 0 Å². The lowest BCUT2D eigenvalue weighted by atomic mass is 10.1. The van der Waals surface area contributed by atoms with Crippen molar-refractivity contribution in [3.05, 3.63) is 35.9 Å². The van der Waals surface area contributed by atoms with Crippen LogP contribution in [0.4, 0.5) is 13.6 Å². The summed E-state index contributed by atoms with van der Waals surface area (Å²) in [6.07, 6.45) is -0.330. The van der Waals surface area contributed by atoms with Gasteiger partial charge in [0.1, 0.15) is 6.61 Å². The molecule has 5 heteroatoms. The molecule has 0 radical (unpaired) electrons. The number of benzene rings is 1. The molecule has 1 amide bonds. The van der Waals surface area contributed by atoms with Crippen LogP contribution in [0, 0.1) is 5.92 Å². The molecule has 2 aliphatic rings. The van der Waals surface area contributed by atoms with Gasteiger partial charge in [-0.3, -0.25) is 4.90 Å². The van der Waals surface area contributed by atoms with E-state index < -0.39 is 18.1 Å². The minimum absolute atomic E-state index is 0.0794. The van der Waals surface area contributed by atoms with E-state index in [0.717, 1.165) is 5.56 Å². The molecule has 1 saturated carbocycles. The Balaban J connectivity index is 1.60. The first-order valence-corrected chi connectivity index (χ1v) is 6.41. The summed E-state index contributed by atoms with van der Waals surface area (Å²) in [6, 6.07) is 8.24. The van der Waals surface area contributed by atoms with Gasteiger partial charge in [0.25, 0.3) is 5.92 Å². The van der Waals surface area contributed by atoms with E-state index in [2.05, 4.69) is 0 Å². The fourth-order valence-corrected chi connectivity index (χ4v) is 3.00. The highest BCUT2D eigenvalue weighted by Gasteiger charge is 2.58. The predicted octanol–water partition coefficient (Wildman–Crippen LogP) is 3.05. The molecule has 1 aromatic rings. The summed E-state index contributed by atoms with van der Waals surface area (Å²) in [7, 11) is 0. The predicted molar refractivity (Wildman–Crippen MR) is 64.8 cm³/mol. The lowest BCUT2D eigenvalue weighted by molar-refractivity contribution is -0.0731. The normalized spacial score (nSPS) is 27.6. The molecule has 1 saturated heterocycles. The first-order chi connectivity index (χ1) is 9.06. The zero-order chi connectivity index (χ0) is 13.5. The molecule has 1 aromatic carbocycles. The lowest BCUT2D eigenvalue weighted by Gasteiger charge is -2.32. The van der Waals surface area contributed by atoms with Crippen molar-refractivity contribution < 1.29 is 18.3 Å². The smallest absolute Gasteiger partial charge is 0.410 e. The van der Waals surface area contributed by atoms with E-state index in [1.54, 1.807) is 0 Å². The Labute approximate surface area is 110 Å². The molecule has 2 unspecified atom stereocenters. The third kappa shape index (κ3) is 2.29. The maximum Gasteiger partial charge on any atom is 0.410 e. The standard InChI is InChI=1S/C14H15F2NO2/c15-14(16)7-11-6-12(14)17(8-11)13(18)19-9-10-4-2-1-3-5-10/h1-5,11-12H,6-9H2. The molecular weight excluding hydrogens is 252 g/mol. The van der Waals surface area contributed by atoms with Crippen molar-refractivity contribution in [3.8, 4) is 0 Å². The van der Waals surface area contributed by atoms with Gasteiger partial charge in [0, 0.05) is 13.0 Å². The van der Waals surface area contributed by atoms with Gasteiger partial charge in [0.2, 0.25) is 0 Å². The van der Waals surface area contributed by atoms with Crippen molar-refractivity contribution >= 4 is 6.09 Å². The van der Waals surface area contributed by atoms with Crippen LogP contribution in [-0.4, -0.2) is 29.5 Å². The van der Waals surface area contributed by atoms with E-state index in [9.17, 15) is 13.6 Å². The molecule has 2 atom stereocenters. The molecule has 0 N–H and O–H groups in total. The summed E-state index contributed by atoms with van der Waals surface area (Å²) in [5.74, 6) is -2.83. The van der Waals surface area contributed by atoms with Crippen LogP contribution < -0.4 is 0 Å². The number of halogens is 2. The molecule has 19 heavy (non-hydrogen) atoms. The Hall–Kier alpha value is -1.65. The van der Waals surface area contributed by atoms with Crippen molar-refractivity contribution in [1.82, 2.24) is 4.90 Å². The van der Waals surface area contributed by atoms with Crippen molar-refractivity contribution in [2.45, 2.75) is 31.4 Å². The largest absolute Gasteiger partial charge is 0.445 e. The average molecular weight is 267 g/mol. The number of alkyl halides is 2. The Morgan fingerprint density at radius 3 is 2.74 bits per heavy atom. The molecule has 102 valence electrons. The maximum atomic E-state index is 13.6. The number of carbonyl (C=O) groups is 1. The van der Waals surface area contributed by atoms with Gasteiger partial charge in [-0.25, -0.2) is 13.6 Å². The Bertz CT molecular complexity index is 478. The summed E-state index contributed by atoms with van der Waals surface area (Å²) >= 11 is 0. The molecule has 3 nitrogen and oxygen atoms in total. The number of hydrogen-bond donors (Lipinski definition) is 0. The van der Waals surface area contributed by atoms with E-state index in [0.29, 0.717) is 13.0 Å². The molecular formula is C14H15F2NO2. The average Bonchev–Trinajstić information content (AvgIpc) is 2.93. The van der Waals surface area contributed by atoms with E-state index in [-0.39, 0.29) is 18.9 Å². The Morgan fingerprint density at radius 2 is 2.11 bits per heavy atom. The van der Waals surface area contributed by atoms with E-state index in [4.69, 9.17) is 4.74 Å². The summed E-state index contributed by atoms with van der Waals surface area (Å²) in [4.78, 5) is 13.1. The number of carbonyl (C=O) groups excluding carboxylic acids is 1. The minimum atomic E-state index is -2.76. The fourth-order valence-electron chi connectivity index (χ4n) is 3.00. The maximum absolute atomic E-state index is 13.6. The second kappa shape index (κ2) is 4.47. The zero-order valence-corrected chi connectivity index (χ0v) is 10.4. The van der Waals surface area contributed by atoms with Gasteiger partial charge in [0.05, 0.1) is 6.04 Å². The van der Waals surface area contributed by atoms with Crippen LogP contribution in [0.1, 0.15) is 18.4 Å². The lowest BCUT2D eigenvalue weighted by Crippen LogP contribution is -2.48. The molecule has 2 fully saturated rings. The van der Waals surface area contributed by atoms with Crippen molar-refractivity contribution in [1.29, 1.82) is 0 Å². The van der Waals surface area contributed by atoms with Gasteiger partial charge in [-0.15, -0.1) is 0 Å². The number of nitrogens with zero attached hydrogens (tertiary/aromatic N) is 1. The number of hydrogen-bond acceptors (Lipinski definition) is 2. The van der Waals surface area contributed by atoms with Crippen LogP contribution in [0.25, 0.3) is 0 Å². The summed E-state index contributed by atoms with van der Waals surface area (Å²) in [5.41, 5.74) is 0.854. The van der Waals surface area contributed by atoms with Crippen LogP contribution in [0.2, 0.25) is 0 Å². The number of amides is 1. The highest BCUT2D eigenvalue weighted by atomic mass is 19.3. The van der Waals surface area contributed by atoms with Crippen molar-refractivity contribution in [2.24, 2.45) is 5.92 Å². The summed E-state index contributed by atoms with van der Waals surface area (Å²) in [5, 5.41) is 0. The molecule has 1 aliphatic heterocycles. The molecule has 0 aromatic heterocycles. The Morgan fingerprint density at radius 1 is 1.37 bits per heavy atom. The SMILES string of the molecule is O=C(OCc1ccccc1)N1CC2CC1C(F)(F)C2. The zero-order valence-electron chi connectivity index (χ0n) is 10.4. The number of fused-ring (bicyclic) bond motifs is 2. The number of piperidine rings is 1. The minimum Gasteiger partial charge on any atom is -0.445 e. The van der Waals surface area contributed by atoms with Gasteiger partial charge in [0.15, 0.2) is 0 Å². The van der Waals surface area contributed by atoms with Gasteiger partial charge in [-0.1, -0.05) is 30.3 Å². The molecule has 1 aliphatic carbocycles. The molecule has 1 heterocycles. The topological polar surface area (TPSA) is 29.5 Å². The molecule has 2 bridgehead atoms. The fraction of sp³-hybridized carbons (Fsp3) is 0.500. The number of rotatable bonds is 2. The van der Waals surface area contributed by atoms with Crippen LogP contribution in [0.15, 0.2) is 30.3 Å². The number of likely N-dealkylation sites (tertiary alicyclic amines) is 1. The van der Waals surface area contributed by atoms with Gasteiger partial charge in [-0.05, 0) is 17.9 Å². The number of ether oxygens (including phenoxy) is 1. The highest BCUT2D eigenvalue weighted by molar-refractivity contribution is 5.69. The van der Waals surface area contributed by atoms with Crippen molar-refractivity contribution in [2.75, 3.05) is 6.54 Å². The van der Waals surface area contributed by atoms with Gasteiger partial charge < -0.3 is 4.74 Å². The quantitative estimate of drug-likeness (QED) is 0.824. The first-order valence-electron chi connectivity index (χ1n) is 6.41. The second-order valence-corrected chi connectivity index (χ2v) is 5.28. The molecule has 3 rings (SSSR count). The van der Waals surface area contributed by atoms with Crippen molar-refractivity contribution in [3.63, 3.8) is 0 Å². The third-order valence-corrected chi connectivity index (χ3v) is 3.88. The summed E-state index contributed by atoms with van der Waals surface area (Å²) < 4.78 is 32.2. The summed E-state index contributed by atoms with van der Waals surface area (Å²) in [6.45, 7) is 0.521. The van der Waals surface area contributed by atoms with E-state index in [1.165, 1.54) is 4.90 Å². The van der Waals surface area contributed by atoms with Crippen LogP contribution >= 0.6 is 0 Å².